The molecular weight excluding hydrogens is 330 g/mol. The summed E-state index contributed by atoms with van der Waals surface area (Å²) in [7, 11) is 1.91. The molecule has 0 amide bonds. The number of rotatable bonds is 8. The van der Waals surface area contributed by atoms with Gasteiger partial charge in [0.2, 0.25) is 0 Å². The van der Waals surface area contributed by atoms with Crippen LogP contribution in [0.4, 0.5) is 0 Å². The molecule has 2 aromatic carbocycles. The predicted molar refractivity (Wildman–Crippen MR) is 99.6 cm³/mol. The van der Waals surface area contributed by atoms with Crippen LogP contribution in [-0.2, 0) is 6.42 Å². The first-order valence-corrected chi connectivity index (χ1v) is 8.70. The van der Waals surface area contributed by atoms with E-state index in [9.17, 15) is 0 Å². The first-order valence-electron chi connectivity index (χ1n) is 8.70. The normalized spacial score (nSPS) is 12.0. The van der Waals surface area contributed by atoms with Crippen molar-refractivity contribution < 1.29 is 14.0 Å². The first-order chi connectivity index (χ1) is 12.7. The number of para-hydroxylation sites is 3. The Morgan fingerprint density at radius 2 is 1.73 bits per heavy atom. The van der Waals surface area contributed by atoms with Crippen molar-refractivity contribution in [3.8, 4) is 28.7 Å². The molecule has 1 heterocycles. The Kier molecular flexibility index (Phi) is 5.86. The third-order valence-corrected chi connectivity index (χ3v) is 3.94. The molecule has 6 heteroatoms. The summed E-state index contributed by atoms with van der Waals surface area (Å²) >= 11 is 0. The lowest BCUT2D eigenvalue weighted by atomic mass is 10.2. The molecule has 6 nitrogen and oxygen atoms in total. The van der Waals surface area contributed by atoms with Gasteiger partial charge >= 0.3 is 0 Å². The van der Waals surface area contributed by atoms with E-state index in [0.717, 1.165) is 5.56 Å². The summed E-state index contributed by atoms with van der Waals surface area (Å²) in [5, 5.41) is 7.23. The van der Waals surface area contributed by atoms with Crippen molar-refractivity contribution in [2.24, 2.45) is 0 Å². The van der Waals surface area contributed by atoms with Gasteiger partial charge in [-0.15, -0.1) is 0 Å². The second-order valence-electron chi connectivity index (χ2n) is 5.89. The standard InChI is InChI=1S/C20H23N3O3/c1-4-24-17-11-7-8-12-18(17)25-16-10-6-5-9-15(16)20-22-19(23-26-20)13-14(2)21-3/h5-12,14,21H,4,13H2,1-3H3. The molecule has 0 fully saturated rings. The van der Waals surface area contributed by atoms with E-state index in [-0.39, 0.29) is 6.04 Å². The second kappa shape index (κ2) is 8.49. The fourth-order valence-electron chi connectivity index (χ4n) is 2.48. The number of aromatic nitrogens is 2. The van der Waals surface area contributed by atoms with Crippen LogP contribution in [-0.4, -0.2) is 29.8 Å². The molecule has 3 rings (SSSR count). The molecule has 26 heavy (non-hydrogen) atoms. The number of ether oxygens (including phenoxy) is 2. The lowest BCUT2D eigenvalue weighted by molar-refractivity contribution is 0.321. The van der Waals surface area contributed by atoms with Crippen LogP contribution in [0.15, 0.2) is 53.1 Å². The van der Waals surface area contributed by atoms with Gasteiger partial charge in [0.15, 0.2) is 17.3 Å². The SMILES string of the molecule is CCOc1ccccc1Oc1ccccc1-c1nc(CC(C)NC)no1. The molecule has 1 atom stereocenters. The van der Waals surface area contributed by atoms with Gasteiger partial charge in [-0.3, -0.25) is 0 Å². The summed E-state index contributed by atoms with van der Waals surface area (Å²) in [6.45, 7) is 4.58. The molecule has 136 valence electrons. The quantitative estimate of drug-likeness (QED) is 0.658. The molecule has 3 aromatic rings. The van der Waals surface area contributed by atoms with E-state index in [4.69, 9.17) is 14.0 Å². The summed E-state index contributed by atoms with van der Waals surface area (Å²) in [6.07, 6.45) is 0.691. The molecule has 0 radical (unpaired) electrons. The highest BCUT2D eigenvalue weighted by atomic mass is 16.5. The van der Waals surface area contributed by atoms with Crippen LogP contribution in [0.5, 0.6) is 17.2 Å². The predicted octanol–water partition coefficient (Wildman–Crippen LogP) is 4.08. The smallest absolute Gasteiger partial charge is 0.261 e. The molecule has 0 bridgehead atoms. The third-order valence-electron chi connectivity index (χ3n) is 3.94. The topological polar surface area (TPSA) is 69.4 Å². The van der Waals surface area contributed by atoms with Gasteiger partial charge in [0.25, 0.3) is 5.89 Å². The maximum atomic E-state index is 6.09. The van der Waals surface area contributed by atoms with Crippen molar-refractivity contribution in [1.82, 2.24) is 15.5 Å². The van der Waals surface area contributed by atoms with Crippen LogP contribution in [0, 0.1) is 0 Å². The molecule has 0 spiro atoms. The molecular formula is C20H23N3O3. The minimum atomic E-state index is 0.269. The van der Waals surface area contributed by atoms with E-state index in [2.05, 4.69) is 22.4 Å². The van der Waals surface area contributed by atoms with Gasteiger partial charge in [-0.2, -0.15) is 4.98 Å². The van der Waals surface area contributed by atoms with E-state index >= 15 is 0 Å². The Morgan fingerprint density at radius 3 is 2.46 bits per heavy atom. The first kappa shape index (κ1) is 17.9. The Balaban J connectivity index is 1.88. The van der Waals surface area contributed by atoms with Crippen molar-refractivity contribution in [2.75, 3.05) is 13.7 Å². The Labute approximate surface area is 153 Å². The average Bonchev–Trinajstić information content (AvgIpc) is 3.12. The minimum absolute atomic E-state index is 0.269. The lowest BCUT2D eigenvalue weighted by Gasteiger charge is -2.12. The zero-order valence-corrected chi connectivity index (χ0v) is 15.2. The van der Waals surface area contributed by atoms with Gasteiger partial charge < -0.3 is 19.3 Å². The van der Waals surface area contributed by atoms with Gasteiger partial charge in [-0.1, -0.05) is 29.4 Å². The zero-order valence-electron chi connectivity index (χ0n) is 15.2. The van der Waals surface area contributed by atoms with Crippen molar-refractivity contribution in [2.45, 2.75) is 26.3 Å². The van der Waals surface area contributed by atoms with E-state index in [0.29, 0.717) is 42.0 Å². The van der Waals surface area contributed by atoms with Gasteiger partial charge in [0, 0.05) is 12.5 Å². The van der Waals surface area contributed by atoms with E-state index < -0.39 is 0 Å². The fourth-order valence-corrected chi connectivity index (χ4v) is 2.48. The molecule has 1 aromatic heterocycles. The molecule has 1 unspecified atom stereocenters. The molecule has 0 saturated carbocycles. The molecule has 0 aliphatic rings. The zero-order chi connectivity index (χ0) is 18.4. The van der Waals surface area contributed by atoms with Gasteiger partial charge in [-0.25, -0.2) is 0 Å². The highest BCUT2D eigenvalue weighted by Crippen LogP contribution is 2.36. The number of likely N-dealkylation sites (N-methyl/N-ethyl adjacent to an activating group) is 1. The average molecular weight is 353 g/mol. The lowest BCUT2D eigenvalue weighted by Crippen LogP contribution is -2.24. The van der Waals surface area contributed by atoms with Crippen molar-refractivity contribution in [3.05, 3.63) is 54.4 Å². The number of nitrogens with one attached hydrogen (secondary N) is 1. The minimum Gasteiger partial charge on any atom is -0.490 e. The van der Waals surface area contributed by atoms with Crippen LogP contribution in [0.2, 0.25) is 0 Å². The molecule has 0 saturated heterocycles. The number of benzene rings is 2. The largest absolute Gasteiger partial charge is 0.490 e. The van der Waals surface area contributed by atoms with Crippen molar-refractivity contribution >= 4 is 0 Å². The summed E-state index contributed by atoms with van der Waals surface area (Å²) in [5.74, 6) is 3.07. The molecule has 0 aliphatic heterocycles. The summed E-state index contributed by atoms with van der Waals surface area (Å²) in [6, 6.07) is 15.4. The third kappa shape index (κ3) is 4.21. The van der Waals surface area contributed by atoms with E-state index in [1.165, 1.54) is 0 Å². The van der Waals surface area contributed by atoms with Crippen LogP contribution in [0.3, 0.4) is 0 Å². The van der Waals surface area contributed by atoms with Crippen LogP contribution in [0.1, 0.15) is 19.7 Å². The Morgan fingerprint density at radius 1 is 1.04 bits per heavy atom. The highest BCUT2D eigenvalue weighted by Gasteiger charge is 2.16. The van der Waals surface area contributed by atoms with Gasteiger partial charge in [-0.05, 0) is 45.2 Å². The van der Waals surface area contributed by atoms with Crippen LogP contribution in [0.25, 0.3) is 11.5 Å². The molecule has 0 aliphatic carbocycles. The highest BCUT2D eigenvalue weighted by molar-refractivity contribution is 5.63. The summed E-state index contributed by atoms with van der Waals surface area (Å²) in [4.78, 5) is 4.50. The summed E-state index contributed by atoms with van der Waals surface area (Å²) < 4.78 is 17.2. The number of hydrogen-bond acceptors (Lipinski definition) is 6. The van der Waals surface area contributed by atoms with Gasteiger partial charge in [0.1, 0.15) is 5.75 Å². The van der Waals surface area contributed by atoms with E-state index in [1.807, 2.05) is 62.5 Å². The number of nitrogens with zero attached hydrogens (tertiary/aromatic N) is 2. The fraction of sp³-hybridized carbons (Fsp3) is 0.300. The Bertz CT molecular complexity index is 848. The van der Waals surface area contributed by atoms with Crippen molar-refractivity contribution in [1.29, 1.82) is 0 Å². The number of hydrogen-bond donors (Lipinski definition) is 1. The maximum Gasteiger partial charge on any atom is 0.261 e. The van der Waals surface area contributed by atoms with Gasteiger partial charge in [0.05, 0.1) is 12.2 Å². The summed E-state index contributed by atoms with van der Waals surface area (Å²) in [5.41, 5.74) is 0.745. The Hall–Kier alpha value is -2.86. The monoisotopic (exact) mass is 353 g/mol. The van der Waals surface area contributed by atoms with Crippen LogP contribution < -0.4 is 14.8 Å². The molecule has 1 N–H and O–H groups in total. The van der Waals surface area contributed by atoms with E-state index in [1.54, 1.807) is 0 Å². The van der Waals surface area contributed by atoms with Crippen molar-refractivity contribution in [3.63, 3.8) is 0 Å². The second-order valence-corrected chi connectivity index (χ2v) is 5.89. The maximum absolute atomic E-state index is 6.09. The van der Waals surface area contributed by atoms with Crippen LogP contribution >= 0.6 is 0 Å².